The van der Waals surface area contributed by atoms with Crippen LogP contribution < -0.4 is 11.1 Å². The first-order valence-electron chi connectivity index (χ1n) is 3.59. The summed E-state index contributed by atoms with van der Waals surface area (Å²) < 4.78 is 36.6. The van der Waals surface area contributed by atoms with E-state index in [1.807, 2.05) is 0 Å². The second-order valence-corrected chi connectivity index (χ2v) is 2.55. The topological polar surface area (TPSA) is 38.0 Å². The van der Waals surface area contributed by atoms with E-state index in [-0.39, 0.29) is 5.69 Å². The number of anilines is 2. The van der Waals surface area contributed by atoms with Crippen molar-refractivity contribution in [3.63, 3.8) is 0 Å². The lowest BCUT2D eigenvalue weighted by Gasteiger charge is -2.10. The van der Waals surface area contributed by atoms with Crippen LogP contribution in [0.2, 0.25) is 0 Å². The Morgan fingerprint density at radius 3 is 2.31 bits per heavy atom. The van der Waals surface area contributed by atoms with Gasteiger partial charge in [-0.2, -0.15) is 13.2 Å². The molecule has 0 heterocycles. The van der Waals surface area contributed by atoms with Gasteiger partial charge in [0.25, 0.3) is 0 Å². The number of hydrogen-bond acceptors (Lipinski definition) is 2. The van der Waals surface area contributed by atoms with Gasteiger partial charge in [-0.25, -0.2) is 0 Å². The minimum atomic E-state index is -4.38. The molecule has 13 heavy (non-hydrogen) atoms. The largest absolute Gasteiger partial charge is 0.418 e. The number of nitrogens with one attached hydrogen (secondary N) is 1. The van der Waals surface area contributed by atoms with Gasteiger partial charge < -0.3 is 11.1 Å². The number of nitrogens with two attached hydrogens (primary N) is 1. The van der Waals surface area contributed by atoms with E-state index in [4.69, 9.17) is 5.73 Å². The van der Waals surface area contributed by atoms with E-state index in [0.717, 1.165) is 6.07 Å². The Morgan fingerprint density at radius 2 is 1.92 bits per heavy atom. The van der Waals surface area contributed by atoms with Gasteiger partial charge >= 0.3 is 6.18 Å². The second kappa shape index (κ2) is 3.16. The molecule has 0 saturated heterocycles. The van der Waals surface area contributed by atoms with Gasteiger partial charge in [-0.15, -0.1) is 0 Å². The minimum Gasteiger partial charge on any atom is -0.398 e. The number of nitrogen functional groups attached to an aromatic ring is 1. The Bertz CT molecular complexity index is 307. The fraction of sp³-hybridized carbons (Fsp3) is 0.250. The summed E-state index contributed by atoms with van der Waals surface area (Å²) in [4.78, 5) is 0. The molecule has 72 valence electrons. The lowest BCUT2D eigenvalue weighted by Crippen LogP contribution is -2.09. The fourth-order valence-electron chi connectivity index (χ4n) is 0.976. The van der Waals surface area contributed by atoms with Crippen LogP contribution in [-0.2, 0) is 6.18 Å². The van der Waals surface area contributed by atoms with Crippen molar-refractivity contribution in [3.05, 3.63) is 23.8 Å². The third-order valence-electron chi connectivity index (χ3n) is 1.65. The van der Waals surface area contributed by atoms with Crippen molar-refractivity contribution in [1.82, 2.24) is 0 Å². The average molecular weight is 190 g/mol. The van der Waals surface area contributed by atoms with E-state index >= 15 is 0 Å². The molecular formula is C8H9F3N2. The van der Waals surface area contributed by atoms with Crippen LogP contribution in [0.4, 0.5) is 24.5 Å². The van der Waals surface area contributed by atoms with Gasteiger partial charge in [0.15, 0.2) is 0 Å². The molecule has 5 heteroatoms. The maximum Gasteiger partial charge on any atom is 0.418 e. The first kappa shape index (κ1) is 9.70. The molecule has 0 unspecified atom stereocenters. The van der Waals surface area contributed by atoms with Crippen LogP contribution in [0.25, 0.3) is 0 Å². The van der Waals surface area contributed by atoms with Crippen molar-refractivity contribution < 1.29 is 13.2 Å². The molecule has 0 aromatic heterocycles. The summed E-state index contributed by atoms with van der Waals surface area (Å²) in [6.07, 6.45) is -4.38. The van der Waals surface area contributed by atoms with Crippen molar-refractivity contribution in [2.75, 3.05) is 18.1 Å². The molecule has 0 aliphatic rings. The molecular weight excluding hydrogens is 181 g/mol. The highest BCUT2D eigenvalue weighted by Gasteiger charge is 2.32. The van der Waals surface area contributed by atoms with Gasteiger partial charge in [0.05, 0.1) is 5.56 Å². The molecule has 3 N–H and O–H groups in total. The van der Waals surface area contributed by atoms with E-state index in [2.05, 4.69) is 5.32 Å². The number of alkyl halides is 3. The lowest BCUT2D eigenvalue weighted by molar-refractivity contribution is -0.136. The molecule has 0 saturated carbocycles. The van der Waals surface area contributed by atoms with E-state index in [9.17, 15) is 13.2 Å². The molecule has 0 aliphatic heterocycles. The molecule has 0 bridgehead atoms. The quantitative estimate of drug-likeness (QED) is 0.667. The summed E-state index contributed by atoms with van der Waals surface area (Å²) in [6, 6.07) is 3.54. The molecule has 0 atom stereocenters. The van der Waals surface area contributed by atoms with Crippen LogP contribution in [-0.4, -0.2) is 7.05 Å². The van der Waals surface area contributed by atoms with E-state index in [1.54, 1.807) is 7.05 Å². The summed E-state index contributed by atoms with van der Waals surface area (Å²) in [5, 5.41) is 2.70. The third-order valence-corrected chi connectivity index (χ3v) is 1.65. The Labute approximate surface area is 73.5 Å². The highest BCUT2D eigenvalue weighted by atomic mass is 19.4. The monoisotopic (exact) mass is 190 g/mol. The Hall–Kier alpha value is -1.39. The zero-order valence-electron chi connectivity index (χ0n) is 6.94. The van der Waals surface area contributed by atoms with E-state index in [1.165, 1.54) is 12.1 Å². The zero-order chi connectivity index (χ0) is 10.1. The maximum atomic E-state index is 12.2. The van der Waals surface area contributed by atoms with Gasteiger partial charge in [0.2, 0.25) is 0 Å². The molecule has 1 aromatic rings. The smallest absolute Gasteiger partial charge is 0.398 e. The predicted molar refractivity (Wildman–Crippen MR) is 45.4 cm³/mol. The molecule has 0 amide bonds. The Kier molecular flexibility index (Phi) is 2.36. The van der Waals surface area contributed by atoms with Gasteiger partial charge in [-0.3, -0.25) is 0 Å². The van der Waals surface area contributed by atoms with Crippen LogP contribution >= 0.6 is 0 Å². The summed E-state index contributed by atoms with van der Waals surface area (Å²) >= 11 is 0. The lowest BCUT2D eigenvalue weighted by atomic mass is 10.1. The van der Waals surface area contributed by atoms with Crippen LogP contribution in [0.15, 0.2) is 18.2 Å². The number of benzene rings is 1. The first-order chi connectivity index (χ1) is 5.95. The summed E-state index contributed by atoms with van der Waals surface area (Å²) in [7, 11) is 1.61. The second-order valence-electron chi connectivity index (χ2n) is 2.55. The van der Waals surface area contributed by atoms with Crippen molar-refractivity contribution in [2.45, 2.75) is 6.18 Å². The molecule has 1 rings (SSSR count). The molecule has 0 fully saturated rings. The molecule has 0 radical (unpaired) electrons. The van der Waals surface area contributed by atoms with Crippen LogP contribution in [0.5, 0.6) is 0 Å². The standard InChI is InChI=1S/C8H9F3N2/c1-13-5-2-3-6(7(12)4-5)8(9,10)11/h2-4,13H,12H2,1H3. The highest BCUT2D eigenvalue weighted by Crippen LogP contribution is 2.34. The number of halogens is 3. The van der Waals surface area contributed by atoms with Gasteiger partial charge in [-0.1, -0.05) is 0 Å². The molecule has 0 spiro atoms. The summed E-state index contributed by atoms with van der Waals surface area (Å²) in [6.45, 7) is 0. The van der Waals surface area contributed by atoms with Crippen molar-refractivity contribution >= 4 is 11.4 Å². The first-order valence-corrected chi connectivity index (χ1v) is 3.59. The predicted octanol–water partition coefficient (Wildman–Crippen LogP) is 2.33. The van der Waals surface area contributed by atoms with Crippen LogP contribution in [0.3, 0.4) is 0 Å². The Balaban J connectivity index is 3.13. The fourth-order valence-corrected chi connectivity index (χ4v) is 0.976. The number of rotatable bonds is 1. The molecule has 1 aromatic carbocycles. The van der Waals surface area contributed by atoms with Crippen molar-refractivity contribution in [3.8, 4) is 0 Å². The van der Waals surface area contributed by atoms with E-state index in [0.29, 0.717) is 5.69 Å². The average Bonchev–Trinajstić information content (AvgIpc) is 2.01. The van der Waals surface area contributed by atoms with Gasteiger partial charge in [0.1, 0.15) is 0 Å². The summed E-state index contributed by atoms with van der Waals surface area (Å²) in [5.41, 5.74) is 4.72. The van der Waals surface area contributed by atoms with Gasteiger partial charge in [-0.05, 0) is 18.2 Å². The molecule has 2 nitrogen and oxygen atoms in total. The van der Waals surface area contributed by atoms with Gasteiger partial charge in [0, 0.05) is 18.4 Å². The van der Waals surface area contributed by atoms with Crippen molar-refractivity contribution in [2.24, 2.45) is 0 Å². The van der Waals surface area contributed by atoms with Crippen LogP contribution in [0.1, 0.15) is 5.56 Å². The number of hydrogen-bond donors (Lipinski definition) is 2. The SMILES string of the molecule is CNc1ccc(C(F)(F)F)c(N)c1. The third kappa shape index (κ3) is 2.05. The minimum absolute atomic E-state index is 0.264. The van der Waals surface area contributed by atoms with Crippen molar-refractivity contribution in [1.29, 1.82) is 0 Å². The van der Waals surface area contributed by atoms with Crippen LogP contribution in [0, 0.1) is 0 Å². The maximum absolute atomic E-state index is 12.2. The van der Waals surface area contributed by atoms with E-state index < -0.39 is 11.7 Å². The zero-order valence-corrected chi connectivity index (χ0v) is 6.94. The highest BCUT2D eigenvalue weighted by molar-refractivity contribution is 5.59. The summed E-state index contributed by atoms with van der Waals surface area (Å²) in [5.74, 6) is 0. The molecule has 0 aliphatic carbocycles. The normalized spacial score (nSPS) is 11.4. The Morgan fingerprint density at radius 1 is 1.31 bits per heavy atom.